The van der Waals surface area contributed by atoms with Gasteiger partial charge in [0.15, 0.2) is 0 Å². The maximum Gasteiger partial charge on any atom is 0.241 e. The van der Waals surface area contributed by atoms with Crippen LogP contribution in [0.1, 0.15) is 23.2 Å². The highest BCUT2D eigenvalue weighted by molar-refractivity contribution is 5.51. The number of nitrogens with zero attached hydrogens (tertiary/aromatic N) is 5. The van der Waals surface area contributed by atoms with E-state index in [1.165, 1.54) is 0 Å². The van der Waals surface area contributed by atoms with Crippen molar-refractivity contribution in [1.82, 2.24) is 25.0 Å². The molecular weight excluding hydrogens is 282 g/mol. The van der Waals surface area contributed by atoms with E-state index < -0.39 is 0 Å². The van der Waals surface area contributed by atoms with Crippen molar-refractivity contribution < 1.29 is 8.94 Å². The minimum Gasteiger partial charge on any atom is -0.444 e. The van der Waals surface area contributed by atoms with Gasteiger partial charge in [-0.3, -0.25) is 9.88 Å². The molecule has 3 aromatic heterocycles. The molecule has 7 nitrogen and oxygen atoms in total. The number of pyridine rings is 1. The van der Waals surface area contributed by atoms with Crippen LogP contribution < -0.4 is 0 Å². The molecule has 0 aliphatic carbocycles. The second-order valence-corrected chi connectivity index (χ2v) is 5.17. The Labute approximate surface area is 128 Å². The molecule has 0 bridgehead atoms. The first kappa shape index (κ1) is 14.4. The maximum absolute atomic E-state index is 5.57. The average Bonchev–Trinajstić information content (AvgIpc) is 3.07. The predicted molar refractivity (Wildman–Crippen MR) is 78.7 cm³/mol. The Morgan fingerprint density at radius 3 is 2.64 bits per heavy atom. The van der Waals surface area contributed by atoms with Crippen LogP contribution in [-0.4, -0.2) is 32.1 Å². The van der Waals surface area contributed by atoms with Gasteiger partial charge in [-0.05, 0) is 33.0 Å². The first-order valence-corrected chi connectivity index (χ1v) is 6.96. The number of oxazole rings is 1. The van der Waals surface area contributed by atoms with Gasteiger partial charge in [-0.25, -0.2) is 4.98 Å². The van der Waals surface area contributed by atoms with Gasteiger partial charge >= 0.3 is 0 Å². The molecule has 0 aliphatic heterocycles. The Morgan fingerprint density at radius 1 is 1.14 bits per heavy atom. The molecule has 0 amide bonds. The van der Waals surface area contributed by atoms with E-state index in [4.69, 9.17) is 8.94 Å². The average molecular weight is 299 g/mol. The summed E-state index contributed by atoms with van der Waals surface area (Å²) >= 11 is 0. The van der Waals surface area contributed by atoms with E-state index in [1.807, 2.05) is 37.9 Å². The fraction of sp³-hybridized carbons (Fsp3) is 0.333. The molecule has 0 N–H and O–H groups in total. The lowest BCUT2D eigenvalue weighted by molar-refractivity contribution is 0.239. The highest BCUT2D eigenvalue weighted by atomic mass is 16.5. The minimum atomic E-state index is 0.522. The first-order valence-electron chi connectivity index (χ1n) is 6.96. The Kier molecular flexibility index (Phi) is 3.97. The van der Waals surface area contributed by atoms with Crippen molar-refractivity contribution in [2.45, 2.75) is 26.9 Å². The lowest BCUT2D eigenvalue weighted by Gasteiger charge is -2.10. The van der Waals surface area contributed by atoms with Crippen LogP contribution >= 0.6 is 0 Å². The number of rotatable bonds is 5. The molecule has 0 saturated carbocycles. The quantitative estimate of drug-likeness (QED) is 0.715. The normalized spacial score (nSPS) is 11.3. The van der Waals surface area contributed by atoms with Crippen LogP contribution in [0, 0.1) is 13.8 Å². The van der Waals surface area contributed by atoms with Crippen LogP contribution in [0.3, 0.4) is 0 Å². The standard InChI is InChI=1S/C15H17N5O2/c1-10-11(2)21-13(17-10)8-20(3)9-14-18-15(19-22-14)12-5-4-6-16-7-12/h4-7H,8-9H2,1-3H3. The highest BCUT2D eigenvalue weighted by Gasteiger charge is 2.13. The van der Waals surface area contributed by atoms with Crippen molar-refractivity contribution in [2.75, 3.05) is 7.05 Å². The number of aromatic nitrogens is 4. The van der Waals surface area contributed by atoms with Crippen LogP contribution in [0.15, 0.2) is 33.5 Å². The Bertz CT molecular complexity index is 731. The van der Waals surface area contributed by atoms with Crippen molar-refractivity contribution in [2.24, 2.45) is 0 Å². The van der Waals surface area contributed by atoms with Crippen LogP contribution in [0.4, 0.5) is 0 Å². The summed E-state index contributed by atoms with van der Waals surface area (Å²) < 4.78 is 10.8. The van der Waals surface area contributed by atoms with Crippen molar-refractivity contribution in [3.8, 4) is 11.4 Å². The molecule has 22 heavy (non-hydrogen) atoms. The van der Waals surface area contributed by atoms with E-state index in [0.29, 0.717) is 30.7 Å². The van der Waals surface area contributed by atoms with Gasteiger partial charge in [-0.2, -0.15) is 4.98 Å². The second kappa shape index (κ2) is 6.07. The number of hydrogen-bond acceptors (Lipinski definition) is 7. The molecule has 3 heterocycles. The summed E-state index contributed by atoms with van der Waals surface area (Å²) in [5.74, 6) is 2.62. The largest absolute Gasteiger partial charge is 0.444 e. The third kappa shape index (κ3) is 3.20. The molecule has 0 unspecified atom stereocenters. The fourth-order valence-corrected chi connectivity index (χ4v) is 2.06. The van der Waals surface area contributed by atoms with Gasteiger partial charge in [0.1, 0.15) is 5.76 Å². The van der Waals surface area contributed by atoms with Gasteiger partial charge < -0.3 is 8.94 Å². The van der Waals surface area contributed by atoms with E-state index in [2.05, 4.69) is 20.1 Å². The highest BCUT2D eigenvalue weighted by Crippen LogP contribution is 2.15. The lowest BCUT2D eigenvalue weighted by Crippen LogP contribution is -2.17. The fourth-order valence-electron chi connectivity index (χ4n) is 2.06. The smallest absolute Gasteiger partial charge is 0.241 e. The van der Waals surface area contributed by atoms with Gasteiger partial charge in [-0.15, -0.1) is 0 Å². The Balaban J connectivity index is 1.64. The van der Waals surface area contributed by atoms with Gasteiger partial charge in [0, 0.05) is 18.0 Å². The molecular formula is C15H17N5O2. The van der Waals surface area contributed by atoms with E-state index >= 15 is 0 Å². The maximum atomic E-state index is 5.57. The molecule has 7 heteroatoms. The van der Waals surface area contributed by atoms with E-state index in [-0.39, 0.29) is 0 Å². The molecule has 0 aliphatic rings. The van der Waals surface area contributed by atoms with Gasteiger partial charge in [0.25, 0.3) is 0 Å². The summed E-state index contributed by atoms with van der Waals surface area (Å²) in [4.78, 5) is 14.8. The zero-order valence-electron chi connectivity index (χ0n) is 12.8. The molecule has 0 fully saturated rings. The predicted octanol–water partition coefficient (Wildman–Crippen LogP) is 2.37. The number of aryl methyl sites for hydroxylation is 2. The van der Waals surface area contributed by atoms with Crippen molar-refractivity contribution in [3.05, 3.63) is 47.8 Å². The van der Waals surface area contributed by atoms with E-state index in [9.17, 15) is 0 Å². The van der Waals surface area contributed by atoms with Gasteiger partial charge in [-0.1, -0.05) is 5.16 Å². The van der Waals surface area contributed by atoms with Gasteiger partial charge in [0.05, 0.1) is 18.8 Å². The summed E-state index contributed by atoms with van der Waals surface area (Å²) in [6, 6.07) is 3.73. The van der Waals surface area contributed by atoms with Crippen LogP contribution in [0.2, 0.25) is 0 Å². The topological polar surface area (TPSA) is 81.1 Å². The molecule has 0 atom stereocenters. The summed E-state index contributed by atoms with van der Waals surface area (Å²) in [5.41, 5.74) is 1.75. The van der Waals surface area contributed by atoms with Crippen LogP contribution in [0.25, 0.3) is 11.4 Å². The summed E-state index contributed by atoms with van der Waals surface area (Å²) in [7, 11) is 1.95. The molecule has 0 aromatic carbocycles. The Morgan fingerprint density at radius 2 is 1.95 bits per heavy atom. The van der Waals surface area contributed by atoms with Crippen molar-refractivity contribution >= 4 is 0 Å². The summed E-state index contributed by atoms with van der Waals surface area (Å²) in [5, 5.41) is 3.97. The monoisotopic (exact) mass is 299 g/mol. The van der Waals surface area contributed by atoms with Crippen molar-refractivity contribution in [3.63, 3.8) is 0 Å². The molecule has 0 spiro atoms. The molecule has 3 rings (SSSR count). The SMILES string of the molecule is Cc1nc(CN(C)Cc2nc(-c3cccnc3)no2)oc1C. The van der Waals surface area contributed by atoms with E-state index in [1.54, 1.807) is 12.4 Å². The number of hydrogen-bond donors (Lipinski definition) is 0. The summed E-state index contributed by atoms with van der Waals surface area (Å²) in [6.45, 7) is 4.94. The lowest BCUT2D eigenvalue weighted by atomic mass is 10.3. The van der Waals surface area contributed by atoms with Crippen LogP contribution in [-0.2, 0) is 13.1 Å². The van der Waals surface area contributed by atoms with Crippen LogP contribution in [0.5, 0.6) is 0 Å². The molecule has 0 radical (unpaired) electrons. The van der Waals surface area contributed by atoms with E-state index in [0.717, 1.165) is 17.0 Å². The Hall–Kier alpha value is -2.54. The minimum absolute atomic E-state index is 0.522. The molecule has 3 aromatic rings. The zero-order chi connectivity index (χ0) is 15.5. The molecule has 114 valence electrons. The van der Waals surface area contributed by atoms with Crippen molar-refractivity contribution in [1.29, 1.82) is 0 Å². The zero-order valence-corrected chi connectivity index (χ0v) is 12.8. The first-order chi connectivity index (χ1) is 10.6. The van der Waals surface area contributed by atoms with Gasteiger partial charge in [0.2, 0.25) is 17.6 Å². The molecule has 0 saturated heterocycles. The second-order valence-electron chi connectivity index (χ2n) is 5.17. The summed E-state index contributed by atoms with van der Waals surface area (Å²) in [6.07, 6.45) is 3.41. The third-order valence-electron chi connectivity index (χ3n) is 3.27. The third-order valence-corrected chi connectivity index (χ3v) is 3.27.